The molecule has 0 amide bonds. The predicted octanol–water partition coefficient (Wildman–Crippen LogP) is 4.52. The first kappa shape index (κ1) is 17.1. The smallest absolute Gasteiger partial charge is 0.328 e. The number of carboxylic acid groups (broad SMARTS) is 1. The number of benzene rings is 2. The number of aliphatic carboxylic acids is 1. The third-order valence-corrected chi connectivity index (χ3v) is 3.57. The van der Waals surface area contributed by atoms with E-state index in [1.807, 2.05) is 37.3 Å². The zero-order chi connectivity index (χ0) is 16.7. The van der Waals surface area contributed by atoms with Crippen molar-refractivity contribution in [1.82, 2.24) is 0 Å². The van der Waals surface area contributed by atoms with Crippen LogP contribution in [0.1, 0.15) is 18.1 Å². The van der Waals surface area contributed by atoms with Crippen molar-refractivity contribution in [2.45, 2.75) is 13.5 Å². The third kappa shape index (κ3) is 5.14. The molecule has 4 nitrogen and oxygen atoms in total. The fraction of sp³-hybridized carbons (Fsp3) is 0.167. The highest BCUT2D eigenvalue weighted by Gasteiger charge is 2.12. The maximum absolute atomic E-state index is 10.6. The molecule has 0 spiro atoms. The van der Waals surface area contributed by atoms with Crippen LogP contribution in [0.5, 0.6) is 11.5 Å². The van der Waals surface area contributed by atoms with Gasteiger partial charge in [0.25, 0.3) is 0 Å². The maximum Gasteiger partial charge on any atom is 0.328 e. The van der Waals surface area contributed by atoms with E-state index in [1.54, 1.807) is 12.1 Å². The molecule has 0 radical (unpaired) electrons. The van der Waals surface area contributed by atoms with E-state index in [-0.39, 0.29) is 0 Å². The van der Waals surface area contributed by atoms with Gasteiger partial charge in [-0.1, -0.05) is 30.3 Å². The van der Waals surface area contributed by atoms with Crippen LogP contribution in [0.4, 0.5) is 0 Å². The van der Waals surface area contributed by atoms with Crippen molar-refractivity contribution < 1.29 is 19.4 Å². The molecule has 0 fully saturated rings. The summed E-state index contributed by atoms with van der Waals surface area (Å²) in [7, 11) is 0. The minimum atomic E-state index is -0.997. The summed E-state index contributed by atoms with van der Waals surface area (Å²) in [6.45, 7) is 2.79. The second-order valence-electron chi connectivity index (χ2n) is 4.71. The second kappa shape index (κ2) is 8.39. The Bertz CT molecular complexity index is 696. The Morgan fingerprint density at radius 1 is 1.22 bits per heavy atom. The third-order valence-electron chi connectivity index (χ3n) is 2.98. The predicted molar refractivity (Wildman–Crippen MR) is 92.8 cm³/mol. The number of rotatable bonds is 7. The van der Waals surface area contributed by atoms with Crippen LogP contribution in [-0.4, -0.2) is 17.7 Å². The molecule has 0 aliphatic rings. The molecule has 0 saturated carbocycles. The van der Waals surface area contributed by atoms with Crippen LogP contribution >= 0.6 is 15.9 Å². The van der Waals surface area contributed by atoms with Gasteiger partial charge >= 0.3 is 5.97 Å². The summed E-state index contributed by atoms with van der Waals surface area (Å²) in [6, 6.07) is 13.4. The van der Waals surface area contributed by atoms with Crippen molar-refractivity contribution in [3.05, 3.63) is 64.1 Å². The van der Waals surface area contributed by atoms with Gasteiger partial charge in [0.15, 0.2) is 11.5 Å². The molecule has 2 aromatic rings. The lowest BCUT2D eigenvalue weighted by Crippen LogP contribution is -2.01. The van der Waals surface area contributed by atoms with Gasteiger partial charge in [-0.3, -0.25) is 0 Å². The van der Waals surface area contributed by atoms with E-state index >= 15 is 0 Å². The van der Waals surface area contributed by atoms with Crippen LogP contribution in [0.25, 0.3) is 6.08 Å². The van der Waals surface area contributed by atoms with Crippen LogP contribution < -0.4 is 9.47 Å². The first-order chi connectivity index (χ1) is 11.1. The molecule has 2 aromatic carbocycles. The van der Waals surface area contributed by atoms with E-state index in [1.165, 1.54) is 6.08 Å². The van der Waals surface area contributed by atoms with Crippen molar-refractivity contribution >= 4 is 28.0 Å². The highest BCUT2D eigenvalue weighted by Crippen LogP contribution is 2.37. The van der Waals surface area contributed by atoms with Gasteiger partial charge in [-0.15, -0.1) is 0 Å². The summed E-state index contributed by atoms with van der Waals surface area (Å²) >= 11 is 3.46. The lowest BCUT2D eigenvalue weighted by molar-refractivity contribution is -0.131. The van der Waals surface area contributed by atoms with Gasteiger partial charge in [0, 0.05) is 6.08 Å². The molecule has 0 bridgehead atoms. The first-order valence-electron chi connectivity index (χ1n) is 7.14. The average Bonchev–Trinajstić information content (AvgIpc) is 2.53. The Balaban J connectivity index is 2.25. The minimum Gasteiger partial charge on any atom is -0.490 e. The van der Waals surface area contributed by atoms with Gasteiger partial charge in [0.05, 0.1) is 11.1 Å². The average molecular weight is 377 g/mol. The molecule has 0 heterocycles. The van der Waals surface area contributed by atoms with Crippen molar-refractivity contribution in [1.29, 1.82) is 0 Å². The Labute approximate surface area is 143 Å². The highest BCUT2D eigenvalue weighted by molar-refractivity contribution is 9.10. The number of carboxylic acids is 1. The van der Waals surface area contributed by atoms with Gasteiger partial charge in [-0.25, -0.2) is 4.79 Å². The highest BCUT2D eigenvalue weighted by atomic mass is 79.9. The van der Waals surface area contributed by atoms with Crippen LogP contribution in [0.2, 0.25) is 0 Å². The van der Waals surface area contributed by atoms with E-state index in [4.69, 9.17) is 14.6 Å². The van der Waals surface area contributed by atoms with Gasteiger partial charge < -0.3 is 14.6 Å². The van der Waals surface area contributed by atoms with Crippen LogP contribution in [0, 0.1) is 0 Å². The molecule has 0 saturated heterocycles. The Kier molecular flexibility index (Phi) is 6.23. The molecule has 2 rings (SSSR count). The zero-order valence-electron chi connectivity index (χ0n) is 12.7. The van der Waals surface area contributed by atoms with Gasteiger partial charge in [0.2, 0.25) is 0 Å². The van der Waals surface area contributed by atoms with Crippen LogP contribution in [-0.2, 0) is 11.4 Å². The molecule has 0 aromatic heterocycles. The summed E-state index contributed by atoms with van der Waals surface area (Å²) in [5, 5.41) is 8.73. The molecular formula is C18H17BrO4. The quantitative estimate of drug-likeness (QED) is 0.721. The number of ether oxygens (including phenoxy) is 2. The SMILES string of the molecule is CCOc1cc(/C=C/C(=O)O)cc(Br)c1OCc1ccccc1. The van der Waals surface area contributed by atoms with Crippen molar-refractivity contribution in [3.63, 3.8) is 0 Å². The number of halogens is 1. The Morgan fingerprint density at radius 2 is 1.96 bits per heavy atom. The van der Waals surface area contributed by atoms with E-state index in [2.05, 4.69) is 15.9 Å². The zero-order valence-corrected chi connectivity index (χ0v) is 14.2. The minimum absolute atomic E-state index is 0.420. The number of hydrogen-bond acceptors (Lipinski definition) is 3. The second-order valence-corrected chi connectivity index (χ2v) is 5.56. The Morgan fingerprint density at radius 3 is 2.61 bits per heavy atom. The number of hydrogen-bond donors (Lipinski definition) is 1. The van der Waals surface area contributed by atoms with Gasteiger partial charge in [-0.2, -0.15) is 0 Å². The van der Waals surface area contributed by atoms with Gasteiger partial charge in [-0.05, 0) is 52.2 Å². The monoisotopic (exact) mass is 376 g/mol. The van der Waals surface area contributed by atoms with E-state index in [9.17, 15) is 4.79 Å². The largest absolute Gasteiger partial charge is 0.490 e. The first-order valence-corrected chi connectivity index (χ1v) is 7.93. The Hall–Kier alpha value is -2.27. The summed E-state index contributed by atoms with van der Waals surface area (Å²) in [4.78, 5) is 10.6. The standard InChI is InChI=1S/C18H17BrO4/c1-2-22-16-11-14(8-9-17(20)21)10-15(19)18(16)23-12-13-6-4-3-5-7-13/h3-11H,2,12H2,1H3,(H,20,21)/b9-8+. The lowest BCUT2D eigenvalue weighted by atomic mass is 10.2. The van der Waals surface area contributed by atoms with Crippen LogP contribution in [0.15, 0.2) is 53.0 Å². The molecule has 23 heavy (non-hydrogen) atoms. The fourth-order valence-corrected chi connectivity index (χ4v) is 2.56. The molecule has 0 aliphatic carbocycles. The molecule has 0 aliphatic heterocycles. The van der Waals surface area contributed by atoms with Crippen molar-refractivity contribution in [3.8, 4) is 11.5 Å². The van der Waals surface area contributed by atoms with Crippen LogP contribution in [0.3, 0.4) is 0 Å². The summed E-state index contributed by atoms with van der Waals surface area (Å²) in [5.74, 6) is 0.175. The summed E-state index contributed by atoms with van der Waals surface area (Å²) < 4.78 is 12.2. The molecule has 120 valence electrons. The lowest BCUT2D eigenvalue weighted by Gasteiger charge is -2.14. The van der Waals surface area contributed by atoms with Gasteiger partial charge in [0.1, 0.15) is 6.61 Å². The molecular weight excluding hydrogens is 360 g/mol. The molecule has 0 atom stereocenters. The fourth-order valence-electron chi connectivity index (χ4n) is 1.98. The number of carbonyl (C=O) groups is 1. The molecule has 0 unspecified atom stereocenters. The molecule has 1 N–H and O–H groups in total. The topological polar surface area (TPSA) is 55.8 Å². The maximum atomic E-state index is 10.6. The van der Waals surface area contributed by atoms with E-state index in [0.717, 1.165) is 17.2 Å². The van der Waals surface area contributed by atoms with Crippen molar-refractivity contribution in [2.24, 2.45) is 0 Å². The molecule has 5 heteroatoms. The van der Waals surface area contributed by atoms with E-state index < -0.39 is 5.97 Å². The summed E-state index contributed by atoms with van der Waals surface area (Å²) in [6.07, 6.45) is 2.60. The summed E-state index contributed by atoms with van der Waals surface area (Å²) in [5.41, 5.74) is 1.77. The normalized spacial score (nSPS) is 10.7. The van der Waals surface area contributed by atoms with Crippen molar-refractivity contribution in [2.75, 3.05) is 6.61 Å². The van der Waals surface area contributed by atoms with E-state index in [0.29, 0.717) is 29.2 Å².